The molecule has 0 aliphatic carbocycles. The Balaban J connectivity index is 2.37. The van der Waals surface area contributed by atoms with E-state index in [0.29, 0.717) is 6.54 Å². The summed E-state index contributed by atoms with van der Waals surface area (Å²) in [4.78, 5) is 0. The zero-order valence-corrected chi connectivity index (χ0v) is 8.82. The number of hydrogen-bond acceptors (Lipinski definition) is 1. The number of hydrogen-bond donors (Lipinski definition) is 0. The van der Waals surface area contributed by atoms with Crippen LogP contribution < -0.4 is 0 Å². The van der Waals surface area contributed by atoms with E-state index in [0.717, 1.165) is 6.54 Å². The van der Waals surface area contributed by atoms with E-state index in [1.54, 1.807) is 10.5 Å². The largest absolute Gasteiger partial charge is 0.213 e. The highest BCUT2D eigenvalue weighted by Gasteiger charge is 1.92. The molecule has 1 rings (SSSR count). The molecule has 14 heavy (non-hydrogen) atoms. The molecule has 0 unspecified atom stereocenters. The normalized spacial score (nSPS) is 11.0. The number of benzene rings is 1. The van der Waals surface area contributed by atoms with Crippen LogP contribution in [0.1, 0.15) is 5.56 Å². The molecule has 0 heterocycles. The lowest BCUT2D eigenvalue weighted by Crippen LogP contribution is -2.10. The molecular weight excluding hydrogens is 194 g/mol. The molecule has 2 heteroatoms. The van der Waals surface area contributed by atoms with Gasteiger partial charge in [-0.25, -0.2) is 4.42 Å². The van der Waals surface area contributed by atoms with Gasteiger partial charge in [-0.05, 0) is 17.3 Å². The minimum absolute atomic E-state index is 0.695. The molecule has 0 spiro atoms. The van der Waals surface area contributed by atoms with Crippen molar-refractivity contribution < 1.29 is 0 Å². The van der Waals surface area contributed by atoms with Crippen LogP contribution in [0.2, 0.25) is 0 Å². The van der Waals surface area contributed by atoms with Gasteiger partial charge in [0.05, 0.1) is 0 Å². The molecule has 0 aliphatic rings. The minimum atomic E-state index is 0.695. The smallest absolute Gasteiger partial charge is 0.0326 e. The highest BCUT2D eigenvalue weighted by Crippen LogP contribution is 2.02. The summed E-state index contributed by atoms with van der Waals surface area (Å²) in [6.07, 6.45) is 5.87. The van der Waals surface area contributed by atoms with Crippen LogP contribution in [0, 0.1) is 0 Å². The summed E-state index contributed by atoms with van der Waals surface area (Å²) in [5.74, 6) is 0. The van der Waals surface area contributed by atoms with Crippen LogP contribution in [0.15, 0.2) is 49.1 Å². The fourth-order valence-corrected chi connectivity index (χ4v) is 1.26. The van der Waals surface area contributed by atoms with Crippen molar-refractivity contribution in [2.45, 2.75) is 0 Å². The SMILES string of the molecule is C=CCN(Cl)C/C=C/c1ccccc1. The number of nitrogens with zero attached hydrogens (tertiary/aromatic N) is 1. The summed E-state index contributed by atoms with van der Waals surface area (Å²) in [6.45, 7) is 5.04. The Labute approximate surface area is 90.4 Å². The third kappa shape index (κ3) is 4.26. The van der Waals surface area contributed by atoms with E-state index in [9.17, 15) is 0 Å². The van der Waals surface area contributed by atoms with E-state index in [1.807, 2.05) is 24.3 Å². The predicted molar refractivity (Wildman–Crippen MR) is 63.1 cm³/mol. The lowest BCUT2D eigenvalue weighted by molar-refractivity contribution is 0.561. The van der Waals surface area contributed by atoms with Gasteiger partial charge in [0.1, 0.15) is 0 Å². The Morgan fingerprint density at radius 1 is 1.21 bits per heavy atom. The second kappa shape index (κ2) is 6.41. The zero-order chi connectivity index (χ0) is 10.2. The first-order chi connectivity index (χ1) is 6.83. The molecule has 0 aromatic heterocycles. The summed E-state index contributed by atoms with van der Waals surface area (Å²) in [5, 5.41) is 0. The van der Waals surface area contributed by atoms with Gasteiger partial charge in [0.2, 0.25) is 0 Å². The monoisotopic (exact) mass is 207 g/mol. The molecule has 0 saturated heterocycles. The van der Waals surface area contributed by atoms with Crippen LogP contribution in [0.3, 0.4) is 0 Å². The van der Waals surface area contributed by atoms with Crippen molar-refractivity contribution >= 4 is 17.9 Å². The van der Waals surface area contributed by atoms with Gasteiger partial charge >= 0.3 is 0 Å². The first-order valence-electron chi connectivity index (χ1n) is 4.56. The molecule has 0 radical (unpaired) electrons. The van der Waals surface area contributed by atoms with Crippen LogP contribution in [0.5, 0.6) is 0 Å². The van der Waals surface area contributed by atoms with E-state index < -0.39 is 0 Å². The Hall–Kier alpha value is -1.05. The molecule has 1 aromatic carbocycles. The van der Waals surface area contributed by atoms with Crippen molar-refractivity contribution in [1.29, 1.82) is 0 Å². The van der Waals surface area contributed by atoms with Crippen molar-refractivity contribution in [2.75, 3.05) is 13.1 Å². The average molecular weight is 208 g/mol. The molecule has 0 bridgehead atoms. The fourth-order valence-electron chi connectivity index (χ4n) is 1.08. The van der Waals surface area contributed by atoms with Gasteiger partial charge < -0.3 is 0 Å². The van der Waals surface area contributed by atoms with Gasteiger partial charge in [-0.3, -0.25) is 0 Å². The molecule has 0 N–H and O–H groups in total. The topological polar surface area (TPSA) is 3.24 Å². The molecule has 0 saturated carbocycles. The molecular formula is C12H14ClN. The van der Waals surface area contributed by atoms with E-state index in [4.69, 9.17) is 11.8 Å². The van der Waals surface area contributed by atoms with Crippen LogP contribution in [-0.2, 0) is 0 Å². The summed E-state index contributed by atoms with van der Waals surface area (Å²) in [6, 6.07) is 10.2. The van der Waals surface area contributed by atoms with Crippen LogP contribution in [0.25, 0.3) is 6.08 Å². The lowest BCUT2D eigenvalue weighted by atomic mass is 10.2. The zero-order valence-electron chi connectivity index (χ0n) is 8.07. The van der Waals surface area contributed by atoms with Crippen molar-refractivity contribution in [2.24, 2.45) is 0 Å². The van der Waals surface area contributed by atoms with E-state index in [2.05, 4.69) is 24.8 Å². The number of rotatable bonds is 5. The second-order valence-corrected chi connectivity index (χ2v) is 3.41. The van der Waals surface area contributed by atoms with Crippen LogP contribution in [0.4, 0.5) is 0 Å². The molecule has 74 valence electrons. The molecule has 1 nitrogen and oxygen atoms in total. The first-order valence-corrected chi connectivity index (χ1v) is 4.90. The van der Waals surface area contributed by atoms with Gasteiger partial charge in [0.25, 0.3) is 0 Å². The molecule has 0 atom stereocenters. The second-order valence-electron chi connectivity index (χ2n) is 2.93. The molecule has 0 fully saturated rings. The van der Waals surface area contributed by atoms with Gasteiger partial charge in [0, 0.05) is 13.1 Å². The van der Waals surface area contributed by atoms with Gasteiger partial charge in [0.15, 0.2) is 0 Å². The van der Waals surface area contributed by atoms with E-state index in [-0.39, 0.29) is 0 Å². The first kappa shape index (κ1) is 11.0. The van der Waals surface area contributed by atoms with Gasteiger partial charge in [-0.2, -0.15) is 0 Å². The average Bonchev–Trinajstić information content (AvgIpc) is 2.20. The molecule has 0 aliphatic heterocycles. The lowest BCUT2D eigenvalue weighted by Gasteiger charge is -2.06. The van der Waals surface area contributed by atoms with Gasteiger partial charge in [-0.1, -0.05) is 48.6 Å². The minimum Gasteiger partial charge on any atom is -0.213 e. The predicted octanol–water partition coefficient (Wildman–Crippen LogP) is 3.34. The quantitative estimate of drug-likeness (QED) is 0.529. The summed E-state index contributed by atoms with van der Waals surface area (Å²) in [5.41, 5.74) is 1.19. The van der Waals surface area contributed by atoms with Crippen molar-refractivity contribution in [3.8, 4) is 0 Å². The highest BCUT2D eigenvalue weighted by molar-refractivity contribution is 6.13. The van der Waals surface area contributed by atoms with E-state index in [1.165, 1.54) is 5.56 Å². The highest BCUT2D eigenvalue weighted by atomic mass is 35.5. The Kier molecular flexibility index (Phi) is 5.05. The van der Waals surface area contributed by atoms with E-state index >= 15 is 0 Å². The third-order valence-corrected chi connectivity index (χ3v) is 2.02. The Bertz CT molecular complexity index is 292. The van der Waals surface area contributed by atoms with Crippen LogP contribution in [-0.4, -0.2) is 17.5 Å². The standard InChI is InChI=1S/C12H14ClN/c1-2-10-14(13)11-6-9-12-7-4-3-5-8-12/h2-9H,1,10-11H2/b9-6+. The Morgan fingerprint density at radius 3 is 2.57 bits per heavy atom. The maximum atomic E-state index is 5.86. The molecule has 0 amide bonds. The molecule has 1 aromatic rings. The fraction of sp³-hybridized carbons (Fsp3) is 0.167. The van der Waals surface area contributed by atoms with Crippen LogP contribution >= 0.6 is 11.8 Å². The summed E-state index contributed by atoms with van der Waals surface area (Å²) in [7, 11) is 0. The van der Waals surface area contributed by atoms with Crippen molar-refractivity contribution in [1.82, 2.24) is 4.42 Å². The third-order valence-electron chi connectivity index (χ3n) is 1.74. The van der Waals surface area contributed by atoms with Gasteiger partial charge in [-0.15, -0.1) is 6.58 Å². The van der Waals surface area contributed by atoms with Crippen molar-refractivity contribution in [3.05, 3.63) is 54.6 Å². The maximum Gasteiger partial charge on any atom is 0.0326 e. The number of halogens is 1. The summed E-state index contributed by atoms with van der Waals surface area (Å²) < 4.78 is 1.67. The maximum absolute atomic E-state index is 5.86. The van der Waals surface area contributed by atoms with Crippen molar-refractivity contribution in [3.63, 3.8) is 0 Å². The summed E-state index contributed by atoms with van der Waals surface area (Å²) >= 11 is 5.86. The Morgan fingerprint density at radius 2 is 1.93 bits per heavy atom.